The highest BCUT2D eigenvalue weighted by molar-refractivity contribution is 6.34. The van der Waals surface area contributed by atoms with Crippen LogP contribution in [0.25, 0.3) is 0 Å². The Morgan fingerprint density at radius 2 is 2.17 bits per heavy atom. The summed E-state index contributed by atoms with van der Waals surface area (Å²) < 4.78 is 1.57. The van der Waals surface area contributed by atoms with Crippen LogP contribution in [0.5, 0.6) is 0 Å². The maximum atomic E-state index is 12.9. The molecule has 1 amide bonds. The van der Waals surface area contributed by atoms with E-state index in [1.807, 2.05) is 4.90 Å². The molecule has 1 N–H and O–H groups in total. The highest BCUT2D eigenvalue weighted by Gasteiger charge is 2.34. The summed E-state index contributed by atoms with van der Waals surface area (Å²) in [6.45, 7) is 3.42. The number of hydrogen-bond donors (Lipinski definition) is 1. The number of nitrogens with zero attached hydrogens (tertiary/aromatic N) is 4. The number of aryl methyl sites for hydroxylation is 2. The van der Waals surface area contributed by atoms with E-state index in [4.69, 9.17) is 16.7 Å². The standard InChI is InChI=1S/C16H27ClN4O2/c1-11-14(17)15(20(4)18-11)16(23)21-8-7-13(19(2)3)12(10-21)6-5-9-22/h12-13,22H,5-10H2,1-4H3/t12-,13+/m0/s1. The van der Waals surface area contributed by atoms with Crippen LogP contribution >= 0.6 is 11.6 Å². The predicted molar refractivity (Wildman–Crippen MR) is 90.8 cm³/mol. The molecule has 0 radical (unpaired) electrons. The van der Waals surface area contributed by atoms with E-state index in [-0.39, 0.29) is 12.5 Å². The third-order valence-corrected chi connectivity index (χ3v) is 5.18. The number of amides is 1. The van der Waals surface area contributed by atoms with Crippen molar-refractivity contribution in [3.8, 4) is 0 Å². The lowest BCUT2D eigenvalue weighted by Gasteiger charge is -2.41. The van der Waals surface area contributed by atoms with Gasteiger partial charge in [-0.3, -0.25) is 9.48 Å². The number of carbonyl (C=O) groups is 1. The van der Waals surface area contributed by atoms with Crippen LogP contribution in [0.2, 0.25) is 5.02 Å². The van der Waals surface area contributed by atoms with Crippen molar-refractivity contribution in [2.45, 2.75) is 32.2 Å². The van der Waals surface area contributed by atoms with Gasteiger partial charge in [-0.1, -0.05) is 11.6 Å². The van der Waals surface area contributed by atoms with Gasteiger partial charge in [-0.25, -0.2) is 0 Å². The van der Waals surface area contributed by atoms with Gasteiger partial charge >= 0.3 is 0 Å². The molecule has 23 heavy (non-hydrogen) atoms. The van der Waals surface area contributed by atoms with Gasteiger partial charge in [0.05, 0.1) is 10.7 Å². The van der Waals surface area contributed by atoms with Crippen LogP contribution in [0.3, 0.4) is 0 Å². The molecule has 6 nitrogen and oxygen atoms in total. The van der Waals surface area contributed by atoms with Crippen LogP contribution in [-0.4, -0.2) is 70.4 Å². The largest absolute Gasteiger partial charge is 0.396 e. The van der Waals surface area contributed by atoms with E-state index in [0.717, 1.165) is 25.8 Å². The van der Waals surface area contributed by atoms with Gasteiger partial charge in [0.25, 0.3) is 5.91 Å². The van der Waals surface area contributed by atoms with Gasteiger partial charge in [-0.05, 0) is 46.2 Å². The monoisotopic (exact) mass is 342 g/mol. The molecular weight excluding hydrogens is 316 g/mol. The van der Waals surface area contributed by atoms with Gasteiger partial charge in [0.1, 0.15) is 5.69 Å². The first-order chi connectivity index (χ1) is 10.9. The summed E-state index contributed by atoms with van der Waals surface area (Å²) >= 11 is 6.26. The Labute approximate surface area is 143 Å². The molecule has 7 heteroatoms. The molecular formula is C16H27ClN4O2. The summed E-state index contributed by atoms with van der Waals surface area (Å²) in [7, 11) is 5.91. The molecule has 0 unspecified atom stereocenters. The Hall–Kier alpha value is -1.11. The number of aromatic nitrogens is 2. The molecule has 1 saturated heterocycles. The second kappa shape index (κ2) is 7.64. The van der Waals surface area contributed by atoms with E-state index >= 15 is 0 Å². The minimum Gasteiger partial charge on any atom is -0.396 e. The van der Waals surface area contributed by atoms with Gasteiger partial charge in [0.15, 0.2) is 0 Å². The van der Waals surface area contributed by atoms with Crippen LogP contribution in [0.4, 0.5) is 0 Å². The van der Waals surface area contributed by atoms with E-state index in [0.29, 0.717) is 34.9 Å². The van der Waals surface area contributed by atoms with Crippen molar-refractivity contribution in [1.29, 1.82) is 0 Å². The number of hydrogen-bond acceptors (Lipinski definition) is 4. The predicted octanol–water partition coefficient (Wildman–Crippen LogP) is 1.55. The number of rotatable bonds is 5. The van der Waals surface area contributed by atoms with Crippen molar-refractivity contribution < 1.29 is 9.90 Å². The normalized spacial score (nSPS) is 22.0. The molecule has 1 fully saturated rings. The number of likely N-dealkylation sites (tertiary alicyclic amines) is 1. The quantitative estimate of drug-likeness (QED) is 0.882. The average Bonchev–Trinajstić information content (AvgIpc) is 2.76. The van der Waals surface area contributed by atoms with Crippen LogP contribution in [0, 0.1) is 12.8 Å². The zero-order chi connectivity index (χ0) is 17.1. The Balaban J connectivity index is 2.15. The highest BCUT2D eigenvalue weighted by atomic mass is 35.5. The first-order valence-electron chi connectivity index (χ1n) is 8.12. The van der Waals surface area contributed by atoms with Gasteiger partial charge in [-0.2, -0.15) is 5.10 Å². The van der Waals surface area contributed by atoms with Crippen LogP contribution < -0.4 is 0 Å². The number of aliphatic hydroxyl groups excluding tert-OH is 1. The van der Waals surface area contributed by atoms with Gasteiger partial charge < -0.3 is 14.9 Å². The molecule has 0 spiro atoms. The van der Waals surface area contributed by atoms with E-state index in [1.165, 1.54) is 0 Å². The zero-order valence-corrected chi connectivity index (χ0v) is 15.2. The molecule has 2 rings (SSSR count). The number of piperidine rings is 1. The minimum absolute atomic E-state index is 0.0516. The molecule has 0 aromatic carbocycles. The maximum absolute atomic E-state index is 12.9. The van der Waals surface area contributed by atoms with E-state index in [2.05, 4.69) is 24.1 Å². The first kappa shape index (κ1) is 18.2. The lowest BCUT2D eigenvalue weighted by Crippen LogP contribution is -2.51. The molecule has 1 aliphatic heterocycles. The maximum Gasteiger partial charge on any atom is 0.273 e. The fourth-order valence-electron chi connectivity index (χ4n) is 3.54. The van der Waals surface area contributed by atoms with Gasteiger partial charge in [0.2, 0.25) is 0 Å². The lowest BCUT2D eigenvalue weighted by atomic mass is 9.87. The topological polar surface area (TPSA) is 61.6 Å². The Bertz CT molecular complexity index is 559. The zero-order valence-electron chi connectivity index (χ0n) is 14.4. The number of carbonyl (C=O) groups excluding carboxylic acids is 1. The van der Waals surface area contributed by atoms with Crippen molar-refractivity contribution in [2.75, 3.05) is 33.8 Å². The average molecular weight is 343 g/mol. The Morgan fingerprint density at radius 1 is 1.48 bits per heavy atom. The molecule has 1 aliphatic rings. The van der Waals surface area contributed by atoms with Gasteiger partial charge in [0, 0.05) is 32.8 Å². The second-order valence-corrected chi connectivity index (χ2v) is 6.95. The summed E-state index contributed by atoms with van der Waals surface area (Å²) in [5.41, 5.74) is 1.14. The van der Waals surface area contributed by atoms with Crippen molar-refractivity contribution in [1.82, 2.24) is 19.6 Å². The van der Waals surface area contributed by atoms with Crippen LogP contribution in [0.1, 0.15) is 35.4 Å². The van der Waals surface area contributed by atoms with Crippen LogP contribution in [0.15, 0.2) is 0 Å². The van der Waals surface area contributed by atoms with Crippen LogP contribution in [-0.2, 0) is 7.05 Å². The number of halogens is 1. The molecule has 0 aliphatic carbocycles. The SMILES string of the molecule is Cc1nn(C)c(C(=O)N2CC[C@@H](N(C)C)[C@@H](CCCO)C2)c1Cl. The minimum atomic E-state index is -0.0516. The van der Waals surface area contributed by atoms with E-state index < -0.39 is 0 Å². The molecule has 2 heterocycles. The van der Waals surface area contributed by atoms with Crippen molar-refractivity contribution in [2.24, 2.45) is 13.0 Å². The van der Waals surface area contributed by atoms with Crippen molar-refractivity contribution in [3.63, 3.8) is 0 Å². The molecule has 0 bridgehead atoms. The molecule has 1 aromatic heterocycles. The molecule has 130 valence electrons. The van der Waals surface area contributed by atoms with Gasteiger partial charge in [-0.15, -0.1) is 0 Å². The summed E-state index contributed by atoms with van der Waals surface area (Å²) in [6.07, 6.45) is 2.62. The Morgan fingerprint density at radius 3 is 2.70 bits per heavy atom. The smallest absolute Gasteiger partial charge is 0.273 e. The molecule has 0 saturated carbocycles. The summed E-state index contributed by atoms with van der Waals surface area (Å²) in [5, 5.41) is 13.8. The summed E-state index contributed by atoms with van der Waals surface area (Å²) in [4.78, 5) is 17.0. The fraction of sp³-hybridized carbons (Fsp3) is 0.750. The Kier molecular flexibility index (Phi) is 6.06. The molecule has 1 aromatic rings. The van der Waals surface area contributed by atoms with E-state index in [9.17, 15) is 4.79 Å². The van der Waals surface area contributed by atoms with E-state index in [1.54, 1.807) is 18.7 Å². The lowest BCUT2D eigenvalue weighted by molar-refractivity contribution is 0.0486. The fourth-order valence-corrected chi connectivity index (χ4v) is 3.78. The third-order valence-electron chi connectivity index (χ3n) is 4.73. The first-order valence-corrected chi connectivity index (χ1v) is 8.50. The summed E-state index contributed by atoms with van der Waals surface area (Å²) in [6, 6.07) is 0.439. The van der Waals surface area contributed by atoms with Crippen molar-refractivity contribution >= 4 is 17.5 Å². The summed E-state index contributed by atoms with van der Waals surface area (Å²) in [5.74, 6) is 0.312. The third kappa shape index (κ3) is 3.87. The molecule has 2 atom stereocenters. The highest BCUT2D eigenvalue weighted by Crippen LogP contribution is 2.28. The van der Waals surface area contributed by atoms with Crippen molar-refractivity contribution in [3.05, 3.63) is 16.4 Å². The second-order valence-electron chi connectivity index (χ2n) is 6.57. The number of aliphatic hydroxyl groups is 1.